The molecule has 1 aliphatic rings. The number of nitrogens with one attached hydrogen (secondary N) is 1. The van der Waals surface area contributed by atoms with E-state index in [1.807, 2.05) is 13.0 Å². The summed E-state index contributed by atoms with van der Waals surface area (Å²) in [5.41, 5.74) is 1.45. The summed E-state index contributed by atoms with van der Waals surface area (Å²) in [4.78, 5) is 41.3. The molecule has 1 N–H and O–H groups in total. The average Bonchev–Trinajstić information content (AvgIpc) is 2.71. The molecular formula is C20H17N3O4S. The van der Waals surface area contributed by atoms with Gasteiger partial charge in [-0.05, 0) is 37.3 Å². The fourth-order valence-corrected chi connectivity index (χ4v) is 3.96. The summed E-state index contributed by atoms with van der Waals surface area (Å²) >= 11 is 1.23. The molecule has 8 heteroatoms. The van der Waals surface area contributed by atoms with Crippen molar-refractivity contribution in [3.05, 3.63) is 58.4 Å². The summed E-state index contributed by atoms with van der Waals surface area (Å²) in [6, 6.07) is 12.1. The first-order valence-corrected chi connectivity index (χ1v) is 9.77. The predicted octanol–water partition coefficient (Wildman–Crippen LogP) is 2.72. The molecule has 1 amide bonds. The molecule has 0 bridgehead atoms. The zero-order chi connectivity index (χ0) is 19.7. The van der Waals surface area contributed by atoms with Gasteiger partial charge in [0.25, 0.3) is 11.5 Å². The number of rotatable bonds is 5. The molecule has 0 atom stereocenters. The van der Waals surface area contributed by atoms with Crippen molar-refractivity contribution in [2.24, 2.45) is 0 Å². The number of carbonyl (C=O) groups is 2. The smallest absolute Gasteiger partial charge is 0.262 e. The number of ketones is 1. The number of Topliss-reactive ketones (excluding diaryl/α,β-unsaturated/α-hetero) is 1. The van der Waals surface area contributed by atoms with Gasteiger partial charge in [0.15, 0.2) is 17.5 Å². The first-order chi connectivity index (χ1) is 13.6. The van der Waals surface area contributed by atoms with Crippen LogP contribution in [0.1, 0.15) is 17.3 Å². The Morgan fingerprint density at radius 2 is 2.07 bits per heavy atom. The van der Waals surface area contributed by atoms with Crippen LogP contribution in [0.2, 0.25) is 0 Å². The molecule has 0 radical (unpaired) electrons. The number of hydrogen-bond acceptors (Lipinski definition) is 6. The third-order valence-electron chi connectivity index (χ3n) is 4.41. The average molecular weight is 395 g/mol. The number of hydrogen-bond donors (Lipinski definition) is 1. The van der Waals surface area contributed by atoms with E-state index in [1.54, 1.807) is 41.0 Å². The maximum absolute atomic E-state index is 12.7. The Bertz CT molecular complexity index is 1160. The van der Waals surface area contributed by atoms with Crippen LogP contribution in [0.4, 0.5) is 5.69 Å². The quantitative estimate of drug-likeness (QED) is 0.406. The van der Waals surface area contributed by atoms with Gasteiger partial charge in [0, 0.05) is 12.1 Å². The first kappa shape index (κ1) is 18.2. The van der Waals surface area contributed by atoms with Crippen LogP contribution in [0.3, 0.4) is 0 Å². The van der Waals surface area contributed by atoms with Crippen molar-refractivity contribution in [3.8, 4) is 5.75 Å². The second-order valence-electron chi connectivity index (χ2n) is 6.22. The number of nitrogens with zero attached hydrogens (tertiary/aromatic N) is 2. The van der Waals surface area contributed by atoms with Crippen LogP contribution in [-0.4, -0.2) is 33.6 Å². The number of carbonyl (C=O) groups excluding carboxylic acids is 2. The lowest BCUT2D eigenvalue weighted by atomic mass is 10.1. The zero-order valence-electron chi connectivity index (χ0n) is 15.1. The highest BCUT2D eigenvalue weighted by molar-refractivity contribution is 7.99. The summed E-state index contributed by atoms with van der Waals surface area (Å²) in [6.45, 7) is 2.31. The van der Waals surface area contributed by atoms with E-state index in [0.717, 1.165) is 0 Å². The molecule has 4 rings (SSSR count). The summed E-state index contributed by atoms with van der Waals surface area (Å²) < 4.78 is 6.88. The van der Waals surface area contributed by atoms with Crippen molar-refractivity contribution in [1.29, 1.82) is 0 Å². The van der Waals surface area contributed by atoms with Gasteiger partial charge in [-0.2, -0.15) is 0 Å². The minimum Gasteiger partial charge on any atom is -0.482 e. The van der Waals surface area contributed by atoms with Gasteiger partial charge < -0.3 is 10.1 Å². The lowest BCUT2D eigenvalue weighted by molar-refractivity contribution is -0.118. The lowest BCUT2D eigenvalue weighted by Gasteiger charge is -2.18. The second kappa shape index (κ2) is 7.47. The van der Waals surface area contributed by atoms with Crippen LogP contribution in [0.25, 0.3) is 10.9 Å². The van der Waals surface area contributed by atoms with Gasteiger partial charge in [0.2, 0.25) is 0 Å². The maximum Gasteiger partial charge on any atom is 0.262 e. The van der Waals surface area contributed by atoms with Crippen LogP contribution in [0.15, 0.2) is 52.4 Å². The minimum atomic E-state index is -0.251. The van der Waals surface area contributed by atoms with Gasteiger partial charge in [0.05, 0.1) is 22.3 Å². The summed E-state index contributed by atoms with van der Waals surface area (Å²) in [6.07, 6.45) is 0. The summed E-state index contributed by atoms with van der Waals surface area (Å²) in [5.74, 6) is 0.287. The molecule has 1 aliphatic heterocycles. The molecule has 0 saturated carbocycles. The molecule has 2 aromatic carbocycles. The fraction of sp³-hybridized carbons (Fsp3) is 0.200. The van der Waals surface area contributed by atoms with E-state index in [9.17, 15) is 14.4 Å². The molecule has 0 saturated heterocycles. The number of amides is 1. The van der Waals surface area contributed by atoms with Gasteiger partial charge >= 0.3 is 0 Å². The zero-order valence-corrected chi connectivity index (χ0v) is 15.9. The van der Waals surface area contributed by atoms with Crippen LogP contribution in [0.5, 0.6) is 5.75 Å². The molecule has 0 spiro atoms. The Morgan fingerprint density at radius 1 is 1.25 bits per heavy atom. The predicted molar refractivity (Wildman–Crippen MR) is 107 cm³/mol. The topological polar surface area (TPSA) is 90.3 Å². The molecule has 0 aliphatic carbocycles. The number of fused-ring (bicyclic) bond motifs is 2. The van der Waals surface area contributed by atoms with E-state index in [-0.39, 0.29) is 29.6 Å². The highest BCUT2D eigenvalue weighted by Crippen LogP contribution is 2.29. The van der Waals surface area contributed by atoms with Crippen molar-refractivity contribution in [3.63, 3.8) is 0 Å². The molecule has 1 aromatic heterocycles. The SMILES string of the molecule is CCn1c(SCC(=O)c2ccc3c(c2)NC(=O)CO3)nc2ccccc2c1=O. The molecule has 2 heterocycles. The molecule has 7 nitrogen and oxygen atoms in total. The Morgan fingerprint density at radius 3 is 2.89 bits per heavy atom. The second-order valence-corrected chi connectivity index (χ2v) is 7.16. The monoisotopic (exact) mass is 395 g/mol. The van der Waals surface area contributed by atoms with Gasteiger partial charge in [-0.1, -0.05) is 23.9 Å². The van der Waals surface area contributed by atoms with Crippen molar-refractivity contribution in [2.45, 2.75) is 18.6 Å². The number of anilines is 1. The number of benzene rings is 2. The van der Waals surface area contributed by atoms with Gasteiger partial charge in [-0.3, -0.25) is 19.0 Å². The fourth-order valence-electron chi connectivity index (χ4n) is 3.01. The van der Waals surface area contributed by atoms with Crippen LogP contribution < -0.4 is 15.6 Å². The van der Waals surface area contributed by atoms with E-state index in [4.69, 9.17) is 4.74 Å². The highest BCUT2D eigenvalue weighted by atomic mass is 32.2. The molecule has 28 heavy (non-hydrogen) atoms. The standard InChI is InChI=1S/C20H17N3O4S/c1-2-23-19(26)13-5-3-4-6-14(13)22-20(23)28-11-16(24)12-7-8-17-15(9-12)21-18(25)10-27-17/h3-9H,2,10-11H2,1H3,(H,21,25). The number of thioether (sulfide) groups is 1. The number of ether oxygens (including phenoxy) is 1. The van der Waals surface area contributed by atoms with Crippen molar-refractivity contribution >= 4 is 40.0 Å². The molecule has 0 fully saturated rings. The summed E-state index contributed by atoms with van der Waals surface area (Å²) in [5, 5.41) is 3.76. The minimum absolute atomic E-state index is 0.0294. The van der Waals surface area contributed by atoms with E-state index < -0.39 is 0 Å². The highest BCUT2D eigenvalue weighted by Gasteiger charge is 2.18. The van der Waals surface area contributed by atoms with Crippen LogP contribution in [-0.2, 0) is 11.3 Å². The first-order valence-electron chi connectivity index (χ1n) is 8.79. The molecular weight excluding hydrogens is 378 g/mol. The molecule has 142 valence electrons. The molecule has 0 unspecified atom stereocenters. The van der Waals surface area contributed by atoms with Gasteiger partial charge in [-0.15, -0.1) is 0 Å². The number of para-hydroxylation sites is 1. The van der Waals surface area contributed by atoms with Gasteiger partial charge in [-0.25, -0.2) is 4.98 Å². The maximum atomic E-state index is 12.7. The molecule has 3 aromatic rings. The van der Waals surface area contributed by atoms with E-state index in [2.05, 4.69) is 10.3 Å². The van der Waals surface area contributed by atoms with E-state index >= 15 is 0 Å². The van der Waals surface area contributed by atoms with Crippen molar-refractivity contribution < 1.29 is 14.3 Å². The lowest BCUT2D eigenvalue weighted by Crippen LogP contribution is -2.25. The van der Waals surface area contributed by atoms with Crippen LogP contribution >= 0.6 is 11.8 Å². The Hall–Kier alpha value is -3.13. The van der Waals surface area contributed by atoms with Gasteiger partial charge in [0.1, 0.15) is 5.75 Å². The largest absolute Gasteiger partial charge is 0.482 e. The summed E-state index contributed by atoms with van der Waals surface area (Å²) in [7, 11) is 0. The van der Waals surface area contributed by atoms with Crippen molar-refractivity contribution in [2.75, 3.05) is 17.7 Å². The number of aromatic nitrogens is 2. The Balaban J connectivity index is 1.58. The Labute approximate surface area is 164 Å². The third kappa shape index (κ3) is 3.38. The van der Waals surface area contributed by atoms with E-state index in [0.29, 0.717) is 39.6 Å². The normalized spacial score (nSPS) is 13.0. The third-order valence-corrected chi connectivity index (χ3v) is 5.39. The Kier molecular flexibility index (Phi) is 4.87. The van der Waals surface area contributed by atoms with E-state index in [1.165, 1.54) is 11.8 Å². The van der Waals surface area contributed by atoms with Crippen molar-refractivity contribution in [1.82, 2.24) is 9.55 Å². The van der Waals surface area contributed by atoms with Crippen LogP contribution in [0, 0.1) is 0 Å².